The van der Waals surface area contributed by atoms with Gasteiger partial charge in [0.1, 0.15) is 5.60 Å². The molecule has 2 rings (SSSR count). The molecule has 1 amide bonds. The van der Waals surface area contributed by atoms with Crippen LogP contribution in [0.4, 0.5) is 4.79 Å². The molecule has 1 atom stereocenters. The lowest BCUT2D eigenvalue weighted by Crippen LogP contribution is -2.41. The molecule has 1 saturated heterocycles. The van der Waals surface area contributed by atoms with Gasteiger partial charge in [0.15, 0.2) is 0 Å². The minimum atomic E-state index is -0.459. The Kier molecular flexibility index (Phi) is 5.17. The quantitative estimate of drug-likeness (QED) is 0.835. The highest BCUT2D eigenvalue weighted by Gasteiger charge is 2.31. The number of hydrogen-bond acceptors (Lipinski definition) is 4. The number of nitrogens with zero attached hydrogens (tertiary/aromatic N) is 1. The predicted molar refractivity (Wildman–Crippen MR) is 86.0 cm³/mol. The first-order valence-corrected chi connectivity index (χ1v) is 8.25. The normalized spacial score (nSPS) is 19.4. The number of carbonyl (C=O) groups is 1. The van der Waals surface area contributed by atoms with Crippen LogP contribution in [0.25, 0.3) is 0 Å². The number of likely N-dealkylation sites (tertiary alicyclic amines) is 1. The van der Waals surface area contributed by atoms with Crippen LogP contribution in [0.3, 0.4) is 0 Å². The van der Waals surface area contributed by atoms with E-state index in [1.54, 1.807) is 0 Å². The smallest absolute Gasteiger partial charge is 0.410 e. The van der Waals surface area contributed by atoms with E-state index in [4.69, 9.17) is 9.88 Å². The molecule has 0 aliphatic carbocycles. The van der Waals surface area contributed by atoms with Gasteiger partial charge in [0.05, 0.1) is 6.04 Å². The van der Waals surface area contributed by atoms with Gasteiger partial charge in [0, 0.05) is 11.4 Å². The van der Waals surface area contributed by atoms with E-state index in [2.05, 4.69) is 12.1 Å². The first-order chi connectivity index (χ1) is 9.90. The summed E-state index contributed by atoms with van der Waals surface area (Å²) in [5.74, 6) is 0. The summed E-state index contributed by atoms with van der Waals surface area (Å²) in [5.41, 5.74) is 0.692. The third kappa shape index (κ3) is 4.38. The largest absolute Gasteiger partial charge is 0.444 e. The van der Waals surface area contributed by atoms with Crippen LogP contribution in [0, 0.1) is 0 Å². The van der Waals surface area contributed by atoms with E-state index >= 15 is 0 Å². The Labute approximate surface area is 131 Å². The van der Waals surface area contributed by atoms with Gasteiger partial charge in [0.2, 0.25) is 0 Å². The lowest BCUT2D eigenvalue weighted by atomic mass is 9.96. The van der Waals surface area contributed by atoms with Gasteiger partial charge in [0.25, 0.3) is 0 Å². The molecule has 0 bridgehead atoms. The summed E-state index contributed by atoms with van der Waals surface area (Å²) in [6.07, 6.45) is 2.93. The molecule has 1 unspecified atom stereocenters. The third-order valence-corrected chi connectivity index (χ3v) is 4.08. The number of nitrogens with two attached hydrogens (primary N) is 1. The number of ether oxygens (including phenoxy) is 1. The van der Waals surface area contributed by atoms with Gasteiger partial charge in [-0.1, -0.05) is 12.1 Å². The standard InChI is InChI=1S/C16H24N2O2S/c1-16(2,3)20-15(19)18-11-5-4-6-14(18)12-7-9-13(21-17)10-8-12/h7-10,14H,4-6,11,17H2,1-3H3. The van der Waals surface area contributed by atoms with Crippen LogP contribution in [0.15, 0.2) is 29.2 Å². The molecule has 0 saturated carbocycles. The summed E-state index contributed by atoms with van der Waals surface area (Å²) >= 11 is 1.23. The van der Waals surface area contributed by atoms with Crippen LogP contribution in [-0.2, 0) is 4.74 Å². The van der Waals surface area contributed by atoms with Crippen LogP contribution in [0.2, 0.25) is 0 Å². The van der Waals surface area contributed by atoms with Crippen LogP contribution in [0.1, 0.15) is 51.6 Å². The number of benzene rings is 1. The highest BCUT2D eigenvalue weighted by Crippen LogP contribution is 2.32. The van der Waals surface area contributed by atoms with Crippen LogP contribution >= 0.6 is 11.9 Å². The van der Waals surface area contributed by atoms with Gasteiger partial charge in [-0.15, -0.1) is 0 Å². The predicted octanol–water partition coefficient (Wildman–Crippen LogP) is 4.11. The Morgan fingerprint density at radius 2 is 1.95 bits per heavy atom. The number of hydrogen-bond donors (Lipinski definition) is 1. The van der Waals surface area contributed by atoms with E-state index in [0.717, 1.165) is 36.3 Å². The number of piperidine rings is 1. The van der Waals surface area contributed by atoms with Crippen LogP contribution in [-0.4, -0.2) is 23.1 Å². The van der Waals surface area contributed by atoms with Crippen LogP contribution in [0.5, 0.6) is 0 Å². The Balaban J connectivity index is 2.16. The molecule has 1 aromatic carbocycles. The molecule has 2 N–H and O–H groups in total. The van der Waals surface area contributed by atoms with Crippen molar-refractivity contribution in [3.63, 3.8) is 0 Å². The molecular weight excluding hydrogens is 284 g/mol. The average molecular weight is 308 g/mol. The zero-order chi connectivity index (χ0) is 15.5. The van der Waals surface area contributed by atoms with E-state index in [0.29, 0.717) is 0 Å². The van der Waals surface area contributed by atoms with Crippen molar-refractivity contribution in [3.8, 4) is 0 Å². The fourth-order valence-corrected chi connectivity index (χ4v) is 2.88. The lowest BCUT2D eigenvalue weighted by molar-refractivity contribution is 0.00951. The van der Waals surface area contributed by atoms with Crippen molar-refractivity contribution in [2.24, 2.45) is 5.14 Å². The SMILES string of the molecule is CC(C)(C)OC(=O)N1CCCCC1c1ccc(SN)cc1. The van der Waals surface area contributed by atoms with Crippen molar-refractivity contribution in [1.82, 2.24) is 4.90 Å². The Morgan fingerprint density at radius 1 is 1.29 bits per heavy atom. The summed E-state index contributed by atoms with van der Waals surface area (Å²) in [5, 5.41) is 5.56. The molecule has 21 heavy (non-hydrogen) atoms. The second-order valence-corrected chi connectivity index (χ2v) is 7.08. The van der Waals surface area contributed by atoms with E-state index in [-0.39, 0.29) is 12.1 Å². The molecule has 5 heteroatoms. The molecule has 1 aliphatic rings. The second-order valence-electron chi connectivity index (χ2n) is 6.37. The van der Waals surface area contributed by atoms with Gasteiger partial charge >= 0.3 is 6.09 Å². The summed E-state index contributed by atoms with van der Waals surface area (Å²) in [7, 11) is 0. The van der Waals surface area contributed by atoms with E-state index in [1.165, 1.54) is 11.9 Å². The summed E-state index contributed by atoms with van der Waals surface area (Å²) in [6.45, 7) is 6.46. The zero-order valence-electron chi connectivity index (χ0n) is 13.0. The number of carbonyl (C=O) groups excluding carboxylic acids is 1. The van der Waals surface area contributed by atoms with Crippen molar-refractivity contribution >= 4 is 18.0 Å². The molecule has 1 aromatic rings. The maximum absolute atomic E-state index is 12.4. The lowest BCUT2D eigenvalue weighted by Gasteiger charge is -2.37. The van der Waals surface area contributed by atoms with Gasteiger partial charge in [-0.05, 0) is 69.7 Å². The van der Waals surface area contributed by atoms with Gasteiger partial charge in [-0.25, -0.2) is 4.79 Å². The number of amides is 1. The Bertz CT molecular complexity index is 482. The van der Waals surface area contributed by atoms with Crippen molar-refractivity contribution in [2.45, 2.75) is 56.6 Å². The highest BCUT2D eigenvalue weighted by atomic mass is 32.2. The minimum Gasteiger partial charge on any atom is -0.444 e. The van der Waals surface area contributed by atoms with E-state index in [9.17, 15) is 4.79 Å². The van der Waals surface area contributed by atoms with Gasteiger partial charge in [-0.2, -0.15) is 0 Å². The maximum atomic E-state index is 12.4. The molecule has 0 radical (unpaired) electrons. The molecule has 4 nitrogen and oxygen atoms in total. The maximum Gasteiger partial charge on any atom is 0.410 e. The van der Waals surface area contributed by atoms with Gasteiger partial charge < -0.3 is 9.64 Å². The summed E-state index contributed by atoms with van der Waals surface area (Å²) in [4.78, 5) is 15.3. The van der Waals surface area contributed by atoms with Gasteiger partial charge in [-0.3, -0.25) is 5.14 Å². The van der Waals surface area contributed by atoms with Crippen molar-refractivity contribution < 1.29 is 9.53 Å². The molecule has 1 heterocycles. The topological polar surface area (TPSA) is 55.6 Å². The average Bonchev–Trinajstić information content (AvgIpc) is 2.45. The molecular formula is C16H24N2O2S. The van der Waals surface area contributed by atoms with Crippen molar-refractivity contribution in [2.75, 3.05) is 6.54 Å². The highest BCUT2D eigenvalue weighted by molar-refractivity contribution is 7.97. The Hall–Kier alpha value is -1.20. The summed E-state index contributed by atoms with van der Waals surface area (Å²) < 4.78 is 5.54. The second kappa shape index (κ2) is 6.71. The Morgan fingerprint density at radius 3 is 2.52 bits per heavy atom. The fraction of sp³-hybridized carbons (Fsp3) is 0.562. The first kappa shape index (κ1) is 16.2. The monoisotopic (exact) mass is 308 g/mol. The molecule has 0 aromatic heterocycles. The fourth-order valence-electron chi connectivity index (χ4n) is 2.59. The zero-order valence-corrected chi connectivity index (χ0v) is 13.8. The van der Waals surface area contributed by atoms with E-state index < -0.39 is 5.60 Å². The molecule has 1 aliphatic heterocycles. The molecule has 0 spiro atoms. The minimum absolute atomic E-state index is 0.102. The third-order valence-electron chi connectivity index (χ3n) is 3.53. The van der Waals surface area contributed by atoms with Crippen LogP contribution < -0.4 is 5.14 Å². The van der Waals surface area contributed by atoms with Crippen molar-refractivity contribution in [1.29, 1.82) is 0 Å². The number of rotatable bonds is 2. The molecule has 116 valence electrons. The van der Waals surface area contributed by atoms with Crippen molar-refractivity contribution in [3.05, 3.63) is 29.8 Å². The first-order valence-electron chi connectivity index (χ1n) is 7.37. The molecule has 1 fully saturated rings. The summed E-state index contributed by atoms with van der Waals surface area (Å²) in [6, 6.07) is 8.22. The van der Waals surface area contributed by atoms with E-state index in [1.807, 2.05) is 37.8 Å².